The molecule has 2 unspecified atom stereocenters. The van der Waals surface area contributed by atoms with E-state index in [1.54, 1.807) is 0 Å². The smallest absolute Gasteiger partial charge is 0.0348 e. The topological polar surface area (TPSA) is 18.5 Å². The van der Waals surface area contributed by atoms with Crippen molar-refractivity contribution in [3.8, 4) is 0 Å². The molecule has 1 saturated heterocycles. The predicted octanol–water partition coefficient (Wildman–Crippen LogP) is 1.50. The van der Waals surface area contributed by atoms with Gasteiger partial charge >= 0.3 is 0 Å². The Kier molecular flexibility index (Phi) is 7.98. The van der Waals surface area contributed by atoms with Gasteiger partial charge < -0.3 is 10.2 Å². The van der Waals surface area contributed by atoms with Crippen molar-refractivity contribution in [3.63, 3.8) is 0 Å². The van der Waals surface area contributed by atoms with Crippen molar-refractivity contribution in [3.05, 3.63) is 0 Å². The lowest BCUT2D eigenvalue weighted by molar-refractivity contribution is 0.0357. The number of piperazine rings is 1. The van der Waals surface area contributed by atoms with Crippen LogP contribution >= 0.6 is 0 Å². The van der Waals surface area contributed by atoms with Crippen LogP contribution in [0.1, 0.15) is 27.7 Å². The molecule has 0 aromatic heterocycles. The number of nitrogens with zero attached hydrogens (tertiary/aromatic N) is 2. The minimum absolute atomic E-state index is 0.658. The summed E-state index contributed by atoms with van der Waals surface area (Å²) in [5.74, 6) is 0.738. The molecule has 3 heteroatoms. The summed E-state index contributed by atoms with van der Waals surface area (Å²) >= 11 is 0. The third-order valence-corrected chi connectivity index (χ3v) is 3.33. The summed E-state index contributed by atoms with van der Waals surface area (Å²) in [7, 11) is 6.53. The van der Waals surface area contributed by atoms with E-state index in [9.17, 15) is 0 Å². The first kappa shape index (κ1) is 15.9. The number of nitrogens with one attached hydrogen (secondary N) is 1. The maximum absolute atomic E-state index is 3.28. The summed E-state index contributed by atoms with van der Waals surface area (Å²) in [6, 6.07) is 1.36. The van der Waals surface area contributed by atoms with Crippen molar-refractivity contribution in [2.45, 2.75) is 39.8 Å². The summed E-state index contributed by atoms with van der Waals surface area (Å²) in [6.45, 7) is 12.1. The second kappa shape index (κ2) is 8.04. The summed E-state index contributed by atoms with van der Waals surface area (Å²) in [5.41, 5.74) is 0. The van der Waals surface area contributed by atoms with Crippen LogP contribution in [0.5, 0.6) is 0 Å². The fraction of sp³-hybridized carbons (Fsp3) is 1.00. The van der Waals surface area contributed by atoms with E-state index in [0.717, 1.165) is 12.5 Å². The monoisotopic (exact) mass is 229 g/mol. The third-order valence-electron chi connectivity index (χ3n) is 3.33. The van der Waals surface area contributed by atoms with Crippen LogP contribution in [0.25, 0.3) is 0 Å². The van der Waals surface area contributed by atoms with E-state index in [1.165, 1.54) is 13.1 Å². The third kappa shape index (κ3) is 4.40. The minimum Gasteiger partial charge on any atom is -0.318 e. The minimum atomic E-state index is 0.658. The van der Waals surface area contributed by atoms with Crippen molar-refractivity contribution in [2.75, 3.05) is 40.8 Å². The van der Waals surface area contributed by atoms with Gasteiger partial charge in [-0.05, 0) is 27.1 Å². The van der Waals surface area contributed by atoms with E-state index in [1.807, 2.05) is 20.9 Å². The Morgan fingerprint density at radius 3 is 2.19 bits per heavy atom. The lowest BCUT2D eigenvalue weighted by Crippen LogP contribution is -2.60. The van der Waals surface area contributed by atoms with Gasteiger partial charge in [0, 0.05) is 31.7 Å². The molecule has 3 nitrogen and oxygen atoms in total. The van der Waals surface area contributed by atoms with E-state index in [2.05, 4.69) is 43.1 Å². The lowest BCUT2D eigenvalue weighted by Gasteiger charge is -2.45. The van der Waals surface area contributed by atoms with E-state index in [0.29, 0.717) is 12.1 Å². The molecule has 1 aliphatic heterocycles. The molecule has 0 saturated carbocycles. The first-order chi connectivity index (χ1) is 7.56. The normalized spacial score (nSPS) is 27.8. The summed E-state index contributed by atoms with van der Waals surface area (Å²) in [6.07, 6.45) is 0. The van der Waals surface area contributed by atoms with Crippen molar-refractivity contribution in [2.24, 2.45) is 5.92 Å². The average Bonchev–Trinajstić information content (AvgIpc) is 2.26. The number of likely N-dealkylation sites (N-methyl/N-ethyl adjacent to an activating group) is 3. The number of hydrogen-bond acceptors (Lipinski definition) is 3. The Hall–Kier alpha value is -0.120. The predicted molar refractivity (Wildman–Crippen MR) is 72.9 cm³/mol. The zero-order valence-electron chi connectivity index (χ0n) is 12.2. The van der Waals surface area contributed by atoms with E-state index >= 15 is 0 Å². The van der Waals surface area contributed by atoms with Gasteiger partial charge in [-0.3, -0.25) is 4.90 Å². The molecule has 98 valence electrons. The van der Waals surface area contributed by atoms with Crippen molar-refractivity contribution >= 4 is 0 Å². The molecule has 2 atom stereocenters. The fourth-order valence-electron chi connectivity index (χ4n) is 2.41. The Morgan fingerprint density at radius 1 is 1.19 bits per heavy atom. The highest BCUT2D eigenvalue weighted by Gasteiger charge is 2.31. The Morgan fingerprint density at radius 2 is 1.75 bits per heavy atom. The molecular weight excluding hydrogens is 198 g/mol. The molecule has 0 amide bonds. The van der Waals surface area contributed by atoms with Crippen molar-refractivity contribution in [1.82, 2.24) is 15.1 Å². The van der Waals surface area contributed by atoms with Gasteiger partial charge in [0.2, 0.25) is 0 Å². The fourth-order valence-corrected chi connectivity index (χ4v) is 2.41. The van der Waals surface area contributed by atoms with Gasteiger partial charge in [-0.15, -0.1) is 0 Å². The van der Waals surface area contributed by atoms with Gasteiger partial charge in [0.05, 0.1) is 0 Å². The molecule has 1 fully saturated rings. The largest absolute Gasteiger partial charge is 0.318 e. The van der Waals surface area contributed by atoms with Gasteiger partial charge in [-0.25, -0.2) is 0 Å². The van der Waals surface area contributed by atoms with Crippen LogP contribution in [0, 0.1) is 5.92 Å². The molecule has 1 rings (SSSR count). The van der Waals surface area contributed by atoms with E-state index in [-0.39, 0.29) is 0 Å². The highest BCUT2D eigenvalue weighted by molar-refractivity contribution is 4.88. The van der Waals surface area contributed by atoms with Crippen LogP contribution < -0.4 is 5.32 Å². The first-order valence-corrected chi connectivity index (χ1v) is 6.61. The number of hydrogen-bond donors (Lipinski definition) is 1. The SMILES string of the molecule is CC.CNCC1CN(C)CC(C(C)C)N1C. The summed E-state index contributed by atoms with van der Waals surface area (Å²) in [5, 5.41) is 3.28. The molecule has 0 spiro atoms. The highest BCUT2D eigenvalue weighted by atomic mass is 15.3. The molecule has 0 aliphatic carbocycles. The van der Waals surface area contributed by atoms with E-state index < -0.39 is 0 Å². The second-order valence-corrected chi connectivity index (χ2v) is 4.91. The Labute approximate surface area is 102 Å². The van der Waals surface area contributed by atoms with E-state index in [4.69, 9.17) is 0 Å². The van der Waals surface area contributed by atoms with Gasteiger partial charge in [-0.2, -0.15) is 0 Å². The maximum atomic E-state index is 3.28. The molecule has 0 radical (unpaired) electrons. The van der Waals surface area contributed by atoms with Gasteiger partial charge in [-0.1, -0.05) is 27.7 Å². The van der Waals surface area contributed by atoms with Crippen LogP contribution in [0.4, 0.5) is 0 Å². The van der Waals surface area contributed by atoms with Crippen LogP contribution in [0.15, 0.2) is 0 Å². The number of rotatable bonds is 3. The molecule has 0 bridgehead atoms. The molecular formula is C13H31N3. The molecule has 16 heavy (non-hydrogen) atoms. The molecule has 1 N–H and O–H groups in total. The van der Waals surface area contributed by atoms with Gasteiger partial charge in [0.15, 0.2) is 0 Å². The van der Waals surface area contributed by atoms with Crippen LogP contribution in [-0.4, -0.2) is 62.7 Å². The summed E-state index contributed by atoms with van der Waals surface area (Å²) in [4.78, 5) is 4.99. The van der Waals surface area contributed by atoms with Crippen molar-refractivity contribution in [1.29, 1.82) is 0 Å². The maximum Gasteiger partial charge on any atom is 0.0348 e. The zero-order chi connectivity index (χ0) is 12.7. The standard InChI is InChI=1S/C11H25N3.C2H6/c1-9(2)11-8-13(4)7-10(6-12-3)14(11)5;1-2/h9-12H,6-8H2,1-5H3;1-2H3. The summed E-state index contributed by atoms with van der Waals surface area (Å²) < 4.78 is 0. The van der Waals surface area contributed by atoms with Crippen LogP contribution in [0.3, 0.4) is 0 Å². The van der Waals surface area contributed by atoms with Crippen LogP contribution in [-0.2, 0) is 0 Å². The van der Waals surface area contributed by atoms with Crippen molar-refractivity contribution < 1.29 is 0 Å². The second-order valence-electron chi connectivity index (χ2n) is 4.91. The first-order valence-electron chi connectivity index (χ1n) is 6.61. The molecule has 0 aromatic carbocycles. The Balaban J connectivity index is 0.00000106. The van der Waals surface area contributed by atoms with Crippen LogP contribution in [0.2, 0.25) is 0 Å². The zero-order valence-corrected chi connectivity index (χ0v) is 12.2. The lowest BCUT2D eigenvalue weighted by atomic mass is 9.97. The van der Waals surface area contributed by atoms with Gasteiger partial charge in [0.1, 0.15) is 0 Å². The quantitative estimate of drug-likeness (QED) is 0.791. The highest BCUT2D eigenvalue weighted by Crippen LogP contribution is 2.18. The van der Waals surface area contributed by atoms with Gasteiger partial charge in [0.25, 0.3) is 0 Å². The average molecular weight is 229 g/mol. The molecule has 0 aromatic rings. The molecule has 1 heterocycles. The molecule has 1 aliphatic rings. The Bertz CT molecular complexity index is 171.